The minimum atomic E-state index is 0.303. The molecular weight excluding hydrogens is 308 g/mol. The Hall–Kier alpha value is -1.17. The van der Waals surface area contributed by atoms with E-state index < -0.39 is 0 Å². The van der Waals surface area contributed by atoms with Gasteiger partial charge in [0.05, 0.1) is 0 Å². The topological polar surface area (TPSA) is 58.1 Å². The van der Waals surface area contributed by atoms with Gasteiger partial charge in [-0.15, -0.1) is 0 Å². The van der Waals surface area contributed by atoms with Crippen LogP contribution in [0.5, 0.6) is 0 Å². The van der Waals surface area contributed by atoms with Gasteiger partial charge in [-0.1, -0.05) is 19.3 Å². The molecule has 2 saturated carbocycles. The lowest BCUT2D eigenvalue weighted by atomic mass is 9.87. The van der Waals surface area contributed by atoms with Crippen LogP contribution in [-0.2, 0) is 4.79 Å². The molecule has 1 aliphatic heterocycles. The maximum absolute atomic E-state index is 12.6. The number of nitrogens with zero attached hydrogens (tertiary/aromatic N) is 3. The molecular formula is C17H26N4OS. The van der Waals surface area contributed by atoms with Gasteiger partial charge in [-0.3, -0.25) is 4.79 Å². The Morgan fingerprint density at radius 1 is 1.04 bits per heavy atom. The molecule has 1 aromatic heterocycles. The van der Waals surface area contributed by atoms with Crippen molar-refractivity contribution in [3.05, 3.63) is 5.82 Å². The van der Waals surface area contributed by atoms with E-state index in [1.165, 1.54) is 43.6 Å². The van der Waals surface area contributed by atoms with Crippen LogP contribution in [0.25, 0.3) is 0 Å². The molecule has 5 nitrogen and oxygen atoms in total. The van der Waals surface area contributed by atoms with Gasteiger partial charge in [0.2, 0.25) is 11.0 Å². The molecule has 0 spiro atoms. The number of amides is 1. The summed E-state index contributed by atoms with van der Waals surface area (Å²) in [5.74, 6) is 2.37. The first-order chi connectivity index (χ1) is 11.3. The third-order valence-electron chi connectivity index (χ3n) is 5.47. The van der Waals surface area contributed by atoms with Crippen molar-refractivity contribution in [1.29, 1.82) is 0 Å². The Morgan fingerprint density at radius 2 is 1.78 bits per heavy atom. The van der Waals surface area contributed by atoms with E-state index in [4.69, 9.17) is 0 Å². The van der Waals surface area contributed by atoms with Gasteiger partial charge < -0.3 is 10.2 Å². The SMILES string of the molecule is O=C(C1CCCCC1)N1CCC(Nc2nc(C3CC3)ns2)CC1. The Labute approximate surface area is 142 Å². The zero-order valence-corrected chi connectivity index (χ0v) is 14.5. The van der Waals surface area contributed by atoms with Gasteiger partial charge in [0, 0.05) is 42.5 Å². The third kappa shape index (κ3) is 3.67. The lowest BCUT2D eigenvalue weighted by molar-refractivity contribution is -0.137. The molecule has 6 heteroatoms. The van der Waals surface area contributed by atoms with Crippen LogP contribution in [0.3, 0.4) is 0 Å². The van der Waals surface area contributed by atoms with Crippen molar-refractivity contribution >= 4 is 22.6 Å². The Balaban J connectivity index is 1.25. The number of anilines is 1. The second-order valence-corrected chi connectivity index (χ2v) is 8.06. The first kappa shape index (κ1) is 15.4. The van der Waals surface area contributed by atoms with Crippen molar-refractivity contribution in [1.82, 2.24) is 14.3 Å². The van der Waals surface area contributed by atoms with Crippen molar-refractivity contribution in [2.75, 3.05) is 18.4 Å². The Kier molecular flexibility index (Phi) is 4.51. The van der Waals surface area contributed by atoms with Crippen molar-refractivity contribution in [2.24, 2.45) is 5.92 Å². The van der Waals surface area contributed by atoms with Crippen molar-refractivity contribution in [3.63, 3.8) is 0 Å². The van der Waals surface area contributed by atoms with E-state index in [0.29, 0.717) is 23.8 Å². The summed E-state index contributed by atoms with van der Waals surface area (Å²) in [7, 11) is 0. The van der Waals surface area contributed by atoms with Gasteiger partial charge in [0.25, 0.3) is 0 Å². The van der Waals surface area contributed by atoms with Crippen LogP contribution in [-0.4, -0.2) is 39.3 Å². The van der Waals surface area contributed by atoms with Gasteiger partial charge in [-0.25, -0.2) is 4.98 Å². The number of aromatic nitrogens is 2. The fourth-order valence-corrected chi connectivity index (χ4v) is 4.55. The Morgan fingerprint density at radius 3 is 2.48 bits per heavy atom. The minimum Gasteiger partial charge on any atom is -0.357 e. The fraction of sp³-hybridized carbons (Fsp3) is 0.824. The van der Waals surface area contributed by atoms with E-state index in [-0.39, 0.29) is 0 Å². The molecule has 0 unspecified atom stereocenters. The van der Waals surface area contributed by atoms with E-state index in [2.05, 4.69) is 19.6 Å². The van der Waals surface area contributed by atoms with Gasteiger partial charge >= 0.3 is 0 Å². The quantitative estimate of drug-likeness (QED) is 0.917. The zero-order chi connectivity index (χ0) is 15.6. The maximum Gasteiger partial charge on any atom is 0.225 e. The molecule has 1 aromatic rings. The summed E-state index contributed by atoms with van der Waals surface area (Å²) >= 11 is 1.49. The largest absolute Gasteiger partial charge is 0.357 e. The lowest BCUT2D eigenvalue weighted by Crippen LogP contribution is -2.45. The highest BCUT2D eigenvalue weighted by molar-refractivity contribution is 7.09. The number of carbonyl (C=O) groups is 1. The smallest absolute Gasteiger partial charge is 0.225 e. The fourth-order valence-electron chi connectivity index (χ4n) is 3.83. The van der Waals surface area contributed by atoms with Crippen LogP contribution in [0.1, 0.15) is 69.5 Å². The number of carbonyl (C=O) groups excluding carboxylic acids is 1. The highest BCUT2D eigenvalue weighted by Gasteiger charge is 2.30. The number of hydrogen-bond acceptors (Lipinski definition) is 5. The van der Waals surface area contributed by atoms with Crippen LogP contribution in [0.15, 0.2) is 0 Å². The predicted molar refractivity (Wildman–Crippen MR) is 91.7 cm³/mol. The van der Waals surface area contributed by atoms with Crippen LogP contribution >= 0.6 is 11.5 Å². The first-order valence-corrected chi connectivity index (χ1v) is 9.96. The number of hydrogen-bond donors (Lipinski definition) is 1. The molecule has 126 valence electrons. The highest BCUT2D eigenvalue weighted by atomic mass is 32.1. The zero-order valence-electron chi connectivity index (χ0n) is 13.7. The molecule has 4 rings (SSSR count). The molecule has 0 bridgehead atoms. The van der Waals surface area contributed by atoms with Gasteiger partial charge in [0.15, 0.2) is 0 Å². The van der Waals surface area contributed by atoms with Gasteiger partial charge in [-0.05, 0) is 38.5 Å². The first-order valence-electron chi connectivity index (χ1n) is 9.18. The molecule has 2 heterocycles. The second kappa shape index (κ2) is 6.75. The molecule has 0 radical (unpaired) electrons. The van der Waals surface area contributed by atoms with Crippen LogP contribution < -0.4 is 5.32 Å². The van der Waals surface area contributed by atoms with Gasteiger partial charge in [-0.2, -0.15) is 4.37 Å². The molecule has 1 saturated heterocycles. The molecule has 3 fully saturated rings. The monoisotopic (exact) mass is 334 g/mol. The summed E-state index contributed by atoms with van der Waals surface area (Å²) in [6, 6.07) is 0.436. The number of rotatable bonds is 4. The van der Waals surface area contributed by atoms with E-state index >= 15 is 0 Å². The highest BCUT2D eigenvalue weighted by Crippen LogP contribution is 2.39. The molecule has 0 atom stereocenters. The number of nitrogens with one attached hydrogen (secondary N) is 1. The van der Waals surface area contributed by atoms with Crippen LogP contribution in [0.2, 0.25) is 0 Å². The van der Waals surface area contributed by atoms with Gasteiger partial charge in [0.1, 0.15) is 5.82 Å². The predicted octanol–water partition coefficient (Wildman–Crippen LogP) is 3.40. The van der Waals surface area contributed by atoms with E-state index in [9.17, 15) is 4.79 Å². The second-order valence-electron chi connectivity index (χ2n) is 7.31. The molecule has 1 N–H and O–H groups in total. The van der Waals surface area contributed by atoms with E-state index in [0.717, 1.165) is 49.7 Å². The molecule has 0 aromatic carbocycles. The molecule has 1 amide bonds. The average molecular weight is 334 g/mol. The summed E-state index contributed by atoms with van der Waals surface area (Å²) in [6.07, 6.45) is 10.5. The molecule has 2 aliphatic carbocycles. The number of piperidine rings is 1. The van der Waals surface area contributed by atoms with E-state index in [1.54, 1.807) is 0 Å². The number of likely N-dealkylation sites (tertiary alicyclic amines) is 1. The Bertz CT molecular complexity index is 543. The molecule has 23 heavy (non-hydrogen) atoms. The summed E-state index contributed by atoms with van der Waals surface area (Å²) in [4.78, 5) is 19.3. The minimum absolute atomic E-state index is 0.303. The summed E-state index contributed by atoms with van der Waals surface area (Å²) < 4.78 is 4.45. The van der Waals surface area contributed by atoms with Crippen molar-refractivity contribution < 1.29 is 4.79 Å². The third-order valence-corrected chi connectivity index (χ3v) is 6.13. The summed E-state index contributed by atoms with van der Waals surface area (Å²) in [5.41, 5.74) is 0. The summed E-state index contributed by atoms with van der Waals surface area (Å²) in [5, 5.41) is 4.49. The summed E-state index contributed by atoms with van der Waals surface area (Å²) in [6.45, 7) is 1.78. The standard InChI is InChI=1S/C17H26N4OS/c22-16(13-4-2-1-3-5-13)21-10-8-14(9-11-21)18-17-19-15(20-23-17)12-6-7-12/h12-14H,1-11H2,(H,18,19,20). The normalized spacial score (nSPS) is 23.9. The van der Waals surface area contributed by atoms with Crippen LogP contribution in [0, 0.1) is 5.92 Å². The van der Waals surface area contributed by atoms with Crippen molar-refractivity contribution in [2.45, 2.75) is 69.7 Å². The molecule has 3 aliphatic rings. The lowest BCUT2D eigenvalue weighted by Gasteiger charge is -2.35. The maximum atomic E-state index is 12.6. The van der Waals surface area contributed by atoms with E-state index in [1.807, 2.05) is 0 Å². The van der Waals surface area contributed by atoms with Crippen LogP contribution in [0.4, 0.5) is 5.13 Å². The average Bonchev–Trinajstić information content (AvgIpc) is 3.36. The van der Waals surface area contributed by atoms with Crippen molar-refractivity contribution in [3.8, 4) is 0 Å².